The summed E-state index contributed by atoms with van der Waals surface area (Å²) >= 11 is 0. The van der Waals surface area contributed by atoms with E-state index in [0.717, 1.165) is 74.1 Å². The van der Waals surface area contributed by atoms with Crippen LogP contribution in [0.4, 0.5) is 0 Å². The van der Waals surface area contributed by atoms with E-state index in [9.17, 15) is 14.7 Å². The molecule has 170 valence electrons. The number of hydrogen-bond acceptors (Lipinski definition) is 4. The van der Waals surface area contributed by atoms with Crippen molar-refractivity contribution in [2.24, 2.45) is 16.8 Å². The molecule has 0 aromatic heterocycles. The third-order valence-corrected chi connectivity index (χ3v) is 7.56. The number of carbonyl (C=O) groups excluding carboxylic acids is 2. The number of likely N-dealkylation sites (tertiary alicyclic amines) is 1. The summed E-state index contributed by atoms with van der Waals surface area (Å²) in [4.78, 5) is 34.5. The van der Waals surface area contributed by atoms with Crippen molar-refractivity contribution in [3.05, 3.63) is 54.1 Å². The molecule has 2 heterocycles. The number of benzene rings is 2. The summed E-state index contributed by atoms with van der Waals surface area (Å²) in [6, 6.07) is 15.3. The minimum Gasteiger partial charge on any atom is -0.508 e. The highest BCUT2D eigenvalue weighted by atomic mass is 16.3. The molecule has 2 amide bonds. The van der Waals surface area contributed by atoms with Gasteiger partial charge in [0.1, 0.15) is 17.1 Å². The Morgan fingerprint density at radius 1 is 0.970 bits per heavy atom. The van der Waals surface area contributed by atoms with E-state index in [1.54, 1.807) is 12.1 Å². The Hall–Kier alpha value is -3.15. The molecule has 2 aliphatic heterocycles. The topological polar surface area (TPSA) is 73.2 Å². The zero-order valence-electron chi connectivity index (χ0n) is 18.7. The molecule has 2 saturated carbocycles. The van der Waals surface area contributed by atoms with E-state index in [2.05, 4.69) is 0 Å². The highest BCUT2D eigenvalue weighted by Crippen LogP contribution is 2.46. The first-order chi connectivity index (χ1) is 16.0. The summed E-state index contributed by atoms with van der Waals surface area (Å²) in [6.07, 6.45) is 5.65. The largest absolute Gasteiger partial charge is 0.508 e. The van der Waals surface area contributed by atoms with Gasteiger partial charge in [0.15, 0.2) is 0 Å². The van der Waals surface area contributed by atoms with E-state index in [-0.39, 0.29) is 17.6 Å². The third-order valence-electron chi connectivity index (χ3n) is 7.56. The quantitative estimate of drug-likeness (QED) is 0.763. The fourth-order valence-corrected chi connectivity index (χ4v) is 5.17. The molecular formula is C27H29N3O3. The number of carbonyl (C=O) groups is 2. The van der Waals surface area contributed by atoms with Crippen LogP contribution in [0.1, 0.15) is 44.1 Å². The van der Waals surface area contributed by atoms with E-state index < -0.39 is 5.54 Å². The first kappa shape index (κ1) is 20.5. The second-order valence-electron chi connectivity index (χ2n) is 10.1. The molecule has 6 nitrogen and oxygen atoms in total. The number of piperidine rings is 1. The molecule has 0 atom stereocenters. The minimum absolute atomic E-state index is 0.144. The lowest BCUT2D eigenvalue weighted by Gasteiger charge is -2.34. The number of nitrogens with zero attached hydrogens (tertiary/aromatic N) is 3. The van der Waals surface area contributed by atoms with E-state index in [4.69, 9.17) is 4.99 Å². The Morgan fingerprint density at radius 3 is 2.30 bits per heavy atom. The van der Waals surface area contributed by atoms with Crippen molar-refractivity contribution in [1.29, 1.82) is 0 Å². The van der Waals surface area contributed by atoms with Gasteiger partial charge in [0, 0.05) is 31.1 Å². The van der Waals surface area contributed by atoms with Gasteiger partial charge in [-0.3, -0.25) is 19.5 Å². The zero-order chi connectivity index (χ0) is 22.6. The molecule has 4 aliphatic rings. The molecule has 0 bridgehead atoms. The summed E-state index contributed by atoms with van der Waals surface area (Å²) in [5.41, 5.74) is 2.40. The number of phenols is 1. The molecule has 33 heavy (non-hydrogen) atoms. The highest BCUT2D eigenvalue weighted by molar-refractivity contribution is 6.16. The van der Waals surface area contributed by atoms with E-state index in [0.29, 0.717) is 18.4 Å². The lowest BCUT2D eigenvalue weighted by Crippen LogP contribution is -2.45. The van der Waals surface area contributed by atoms with Crippen LogP contribution in [0.3, 0.4) is 0 Å². The van der Waals surface area contributed by atoms with Crippen LogP contribution in [0, 0.1) is 11.8 Å². The number of aliphatic imine (C=N–C) groups is 1. The second-order valence-corrected chi connectivity index (χ2v) is 10.1. The number of amidine groups is 1. The maximum absolute atomic E-state index is 13.3. The van der Waals surface area contributed by atoms with Crippen molar-refractivity contribution in [3.63, 3.8) is 0 Å². The van der Waals surface area contributed by atoms with Crippen LogP contribution in [0.25, 0.3) is 11.1 Å². The first-order valence-electron chi connectivity index (χ1n) is 12.1. The maximum atomic E-state index is 13.3. The van der Waals surface area contributed by atoms with Gasteiger partial charge in [-0.25, -0.2) is 0 Å². The minimum atomic E-state index is -0.526. The molecule has 1 spiro atoms. The Bertz CT molecular complexity index is 1120. The Labute approximate surface area is 193 Å². The predicted molar refractivity (Wildman–Crippen MR) is 126 cm³/mol. The van der Waals surface area contributed by atoms with Crippen molar-refractivity contribution in [3.8, 4) is 16.9 Å². The summed E-state index contributed by atoms with van der Waals surface area (Å²) in [5.74, 6) is 2.18. The van der Waals surface area contributed by atoms with Crippen LogP contribution in [0.5, 0.6) is 5.75 Å². The summed E-state index contributed by atoms with van der Waals surface area (Å²) in [7, 11) is 0. The fraction of sp³-hybridized carbons (Fsp3) is 0.444. The third kappa shape index (κ3) is 3.81. The SMILES string of the molecule is O=C(C1CC1)N1CCC(CN2C(=O)C3(CC3)N=C2c2ccc(-c3cccc(O)c3)cc2)CC1. The normalized spacial score (nSPS) is 22.1. The highest BCUT2D eigenvalue weighted by Gasteiger charge is 2.57. The van der Waals surface area contributed by atoms with Crippen LogP contribution >= 0.6 is 0 Å². The second kappa shape index (κ2) is 7.72. The van der Waals surface area contributed by atoms with Gasteiger partial charge in [0.25, 0.3) is 5.91 Å². The van der Waals surface area contributed by atoms with Crippen molar-refractivity contribution in [2.45, 2.75) is 44.1 Å². The van der Waals surface area contributed by atoms with Crippen molar-refractivity contribution in [1.82, 2.24) is 9.80 Å². The van der Waals surface area contributed by atoms with Gasteiger partial charge in [-0.2, -0.15) is 0 Å². The number of phenolic OH excluding ortho intramolecular Hbond substituents is 1. The first-order valence-corrected chi connectivity index (χ1v) is 12.1. The van der Waals surface area contributed by atoms with Crippen LogP contribution in [-0.4, -0.2) is 57.7 Å². The van der Waals surface area contributed by atoms with Gasteiger partial charge < -0.3 is 10.0 Å². The van der Waals surface area contributed by atoms with E-state index in [1.165, 1.54) is 0 Å². The Morgan fingerprint density at radius 2 is 1.67 bits per heavy atom. The van der Waals surface area contributed by atoms with Gasteiger partial charge in [0.2, 0.25) is 5.91 Å². The van der Waals surface area contributed by atoms with Crippen LogP contribution in [0.15, 0.2) is 53.5 Å². The molecule has 6 rings (SSSR count). The van der Waals surface area contributed by atoms with Crippen LogP contribution in [0.2, 0.25) is 0 Å². The van der Waals surface area contributed by atoms with E-state index >= 15 is 0 Å². The average Bonchev–Trinajstić information content (AvgIpc) is 3.76. The molecule has 0 unspecified atom stereocenters. The van der Waals surface area contributed by atoms with Gasteiger partial charge in [0.05, 0.1) is 0 Å². The van der Waals surface area contributed by atoms with Crippen molar-refractivity contribution < 1.29 is 14.7 Å². The predicted octanol–water partition coefficient (Wildman–Crippen LogP) is 3.83. The molecule has 3 fully saturated rings. The van der Waals surface area contributed by atoms with Gasteiger partial charge in [-0.15, -0.1) is 0 Å². The molecule has 6 heteroatoms. The number of amides is 2. The average molecular weight is 444 g/mol. The molecule has 1 N–H and O–H groups in total. The van der Waals surface area contributed by atoms with Crippen LogP contribution in [-0.2, 0) is 9.59 Å². The molecule has 2 aromatic carbocycles. The van der Waals surface area contributed by atoms with Gasteiger partial charge in [-0.1, -0.05) is 36.4 Å². The molecule has 2 aliphatic carbocycles. The fourth-order valence-electron chi connectivity index (χ4n) is 5.17. The summed E-state index contributed by atoms with van der Waals surface area (Å²) in [5, 5.41) is 9.78. The molecule has 1 saturated heterocycles. The number of aromatic hydroxyl groups is 1. The van der Waals surface area contributed by atoms with Crippen molar-refractivity contribution in [2.75, 3.05) is 19.6 Å². The van der Waals surface area contributed by atoms with Gasteiger partial charge in [-0.05, 0) is 67.7 Å². The number of hydrogen-bond donors (Lipinski definition) is 1. The lowest BCUT2D eigenvalue weighted by atomic mass is 9.95. The Kier molecular flexibility index (Phi) is 4.78. The summed E-state index contributed by atoms with van der Waals surface area (Å²) in [6.45, 7) is 2.29. The standard InChI is InChI=1S/C27H29N3O3/c31-23-3-1-2-22(16-23)19-4-6-20(7-5-19)24-28-27(12-13-27)26(33)30(24)17-18-10-14-29(15-11-18)25(32)21-8-9-21/h1-7,16,18,21,31H,8-15,17H2. The summed E-state index contributed by atoms with van der Waals surface area (Å²) < 4.78 is 0. The van der Waals surface area contributed by atoms with Gasteiger partial charge >= 0.3 is 0 Å². The molecular weight excluding hydrogens is 414 g/mol. The monoisotopic (exact) mass is 443 g/mol. The van der Waals surface area contributed by atoms with E-state index in [1.807, 2.05) is 46.2 Å². The number of rotatable bonds is 5. The van der Waals surface area contributed by atoms with Crippen molar-refractivity contribution >= 4 is 17.6 Å². The lowest BCUT2D eigenvalue weighted by molar-refractivity contribution is -0.134. The van der Waals surface area contributed by atoms with Crippen LogP contribution < -0.4 is 0 Å². The maximum Gasteiger partial charge on any atom is 0.256 e. The zero-order valence-corrected chi connectivity index (χ0v) is 18.7. The molecule has 2 aromatic rings. The molecule has 0 radical (unpaired) electrons. The Balaban J connectivity index is 1.18. The smallest absolute Gasteiger partial charge is 0.256 e.